The molecule has 6 nitrogen and oxygen atoms in total. The first-order chi connectivity index (χ1) is 8.50. The topological polar surface area (TPSA) is 92.2 Å². The summed E-state index contributed by atoms with van der Waals surface area (Å²) in [6.07, 6.45) is 0.808. The van der Waals surface area contributed by atoms with Crippen LogP contribution in [0.5, 0.6) is 0 Å². The number of aromatic amines is 1. The number of H-pyrrole nitrogens is 1. The van der Waals surface area contributed by atoms with Crippen molar-refractivity contribution in [2.45, 2.75) is 0 Å². The number of halogens is 1. The van der Waals surface area contributed by atoms with Crippen LogP contribution in [0.25, 0.3) is 5.69 Å². The van der Waals surface area contributed by atoms with Crippen LogP contribution in [0.4, 0.5) is 4.39 Å². The number of carbonyl (C=O) groups is 1. The smallest absolute Gasteiger partial charge is 0.342 e. The van der Waals surface area contributed by atoms with E-state index in [1.807, 2.05) is 0 Å². The molecule has 0 atom stereocenters. The maximum absolute atomic E-state index is 13.0. The van der Waals surface area contributed by atoms with E-state index in [0.717, 1.165) is 18.3 Å². The standard InChI is InChI=1S/C11H7FN2O4/c12-6-2-1-3-7(4-6)14-9(15)8(10(16)17)5-13-11(14)18/h1-5H,(H,13,18)(H,16,17). The van der Waals surface area contributed by atoms with E-state index in [0.29, 0.717) is 4.57 Å². The summed E-state index contributed by atoms with van der Waals surface area (Å²) < 4.78 is 13.6. The van der Waals surface area contributed by atoms with Crippen molar-refractivity contribution in [3.63, 3.8) is 0 Å². The van der Waals surface area contributed by atoms with E-state index in [4.69, 9.17) is 5.11 Å². The number of nitrogens with one attached hydrogen (secondary N) is 1. The zero-order chi connectivity index (χ0) is 13.3. The molecular formula is C11H7FN2O4. The Bertz CT molecular complexity index is 732. The van der Waals surface area contributed by atoms with Gasteiger partial charge in [0.15, 0.2) is 0 Å². The summed E-state index contributed by atoms with van der Waals surface area (Å²) in [6, 6.07) is 4.74. The van der Waals surface area contributed by atoms with Gasteiger partial charge < -0.3 is 10.1 Å². The van der Waals surface area contributed by atoms with Gasteiger partial charge in [0, 0.05) is 6.20 Å². The van der Waals surface area contributed by atoms with E-state index in [1.165, 1.54) is 12.1 Å². The average molecular weight is 250 g/mol. The van der Waals surface area contributed by atoms with Crippen molar-refractivity contribution in [2.75, 3.05) is 0 Å². The van der Waals surface area contributed by atoms with Gasteiger partial charge >= 0.3 is 11.7 Å². The van der Waals surface area contributed by atoms with Crippen LogP contribution in [0.3, 0.4) is 0 Å². The predicted molar refractivity (Wildman–Crippen MR) is 59.6 cm³/mol. The normalized spacial score (nSPS) is 10.3. The maximum atomic E-state index is 13.0. The van der Waals surface area contributed by atoms with Crippen LogP contribution in [-0.4, -0.2) is 20.6 Å². The van der Waals surface area contributed by atoms with Crippen LogP contribution in [-0.2, 0) is 0 Å². The molecule has 0 fully saturated rings. The van der Waals surface area contributed by atoms with Crippen LogP contribution in [0.2, 0.25) is 0 Å². The summed E-state index contributed by atoms with van der Waals surface area (Å²) in [7, 11) is 0. The lowest BCUT2D eigenvalue weighted by molar-refractivity contribution is 0.0694. The molecule has 1 aromatic heterocycles. The molecule has 0 aliphatic carbocycles. The Morgan fingerprint density at radius 1 is 1.33 bits per heavy atom. The van der Waals surface area contributed by atoms with E-state index >= 15 is 0 Å². The fraction of sp³-hybridized carbons (Fsp3) is 0. The van der Waals surface area contributed by atoms with Crippen molar-refractivity contribution < 1.29 is 14.3 Å². The Morgan fingerprint density at radius 2 is 2.06 bits per heavy atom. The Morgan fingerprint density at radius 3 is 2.67 bits per heavy atom. The molecule has 0 saturated heterocycles. The number of aromatic nitrogens is 2. The van der Waals surface area contributed by atoms with E-state index in [-0.39, 0.29) is 5.69 Å². The molecular weight excluding hydrogens is 243 g/mol. The van der Waals surface area contributed by atoms with Crippen LogP contribution < -0.4 is 11.2 Å². The molecule has 7 heteroatoms. The highest BCUT2D eigenvalue weighted by molar-refractivity contribution is 5.86. The molecule has 2 aromatic rings. The zero-order valence-electron chi connectivity index (χ0n) is 8.88. The van der Waals surface area contributed by atoms with Crippen molar-refractivity contribution in [1.82, 2.24) is 9.55 Å². The third-order valence-corrected chi connectivity index (χ3v) is 2.27. The second-order valence-corrected chi connectivity index (χ2v) is 3.43. The van der Waals surface area contributed by atoms with Crippen molar-refractivity contribution in [1.29, 1.82) is 0 Å². The van der Waals surface area contributed by atoms with Crippen LogP contribution >= 0.6 is 0 Å². The zero-order valence-corrected chi connectivity index (χ0v) is 8.88. The Kier molecular flexibility index (Phi) is 2.80. The Balaban J connectivity index is 2.79. The lowest BCUT2D eigenvalue weighted by Gasteiger charge is -2.04. The van der Waals surface area contributed by atoms with E-state index in [1.54, 1.807) is 0 Å². The average Bonchev–Trinajstić information content (AvgIpc) is 2.28. The largest absolute Gasteiger partial charge is 0.477 e. The van der Waals surface area contributed by atoms with Crippen LogP contribution in [0, 0.1) is 5.82 Å². The van der Waals surface area contributed by atoms with E-state index < -0.39 is 28.6 Å². The minimum absolute atomic E-state index is 0.0376. The Hall–Kier alpha value is -2.70. The molecule has 0 saturated carbocycles. The molecule has 1 heterocycles. The number of carboxylic acid groups (broad SMARTS) is 1. The first kappa shape index (κ1) is 11.8. The Labute approximate surface area is 98.9 Å². The lowest BCUT2D eigenvalue weighted by atomic mass is 10.3. The van der Waals surface area contributed by atoms with Gasteiger partial charge in [-0.2, -0.15) is 0 Å². The van der Waals surface area contributed by atoms with Crippen molar-refractivity contribution in [3.05, 3.63) is 62.7 Å². The fourth-order valence-electron chi connectivity index (χ4n) is 1.48. The molecule has 0 spiro atoms. The molecule has 0 amide bonds. The van der Waals surface area contributed by atoms with Gasteiger partial charge in [0.2, 0.25) is 0 Å². The molecule has 2 rings (SSSR count). The van der Waals surface area contributed by atoms with Gasteiger partial charge in [0.25, 0.3) is 5.56 Å². The van der Waals surface area contributed by atoms with Gasteiger partial charge in [0.05, 0.1) is 5.69 Å². The summed E-state index contributed by atoms with van der Waals surface area (Å²) in [6.45, 7) is 0. The van der Waals surface area contributed by atoms with Crippen LogP contribution in [0.15, 0.2) is 40.1 Å². The van der Waals surface area contributed by atoms with Crippen LogP contribution in [0.1, 0.15) is 10.4 Å². The summed E-state index contributed by atoms with van der Waals surface area (Å²) in [5, 5.41) is 8.77. The third kappa shape index (κ3) is 1.93. The molecule has 0 bridgehead atoms. The SMILES string of the molecule is O=C(O)c1c[nH]c(=O)n(-c2cccc(F)c2)c1=O. The molecule has 0 unspecified atom stereocenters. The second kappa shape index (κ2) is 4.28. The number of benzene rings is 1. The quantitative estimate of drug-likeness (QED) is 0.805. The van der Waals surface area contributed by atoms with E-state index in [2.05, 4.69) is 4.98 Å². The fourth-order valence-corrected chi connectivity index (χ4v) is 1.48. The second-order valence-electron chi connectivity index (χ2n) is 3.43. The highest BCUT2D eigenvalue weighted by Gasteiger charge is 2.14. The number of aromatic carboxylic acids is 1. The molecule has 1 aromatic carbocycles. The monoisotopic (exact) mass is 250 g/mol. The van der Waals surface area contributed by atoms with Gasteiger partial charge in [-0.3, -0.25) is 4.79 Å². The van der Waals surface area contributed by atoms with Gasteiger partial charge in [-0.05, 0) is 18.2 Å². The molecule has 0 aliphatic rings. The highest BCUT2D eigenvalue weighted by atomic mass is 19.1. The van der Waals surface area contributed by atoms with E-state index in [9.17, 15) is 18.8 Å². The lowest BCUT2D eigenvalue weighted by Crippen LogP contribution is -2.36. The molecule has 92 valence electrons. The minimum Gasteiger partial charge on any atom is -0.477 e. The third-order valence-electron chi connectivity index (χ3n) is 2.27. The summed E-state index contributed by atoms with van der Waals surface area (Å²) in [5.74, 6) is -2.11. The molecule has 18 heavy (non-hydrogen) atoms. The molecule has 2 N–H and O–H groups in total. The number of carboxylic acids is 1. The summed E-state index contributed by atoms with van der Waals surface area (Å²) in [4.78, 5) is 36.2. The van der Waals surface area contributed by atoms with Crippen molar-refractivity contribution >= 4 is 5.97 Å². The highest BCUT2D eigenvalue weighted by Crippen LogP contribution is 2.05. The minimum atomic E-state index is -1.47. The summed E-state index contributed by atoms with van der Waals surface area (Å²) in [5.41, 5.74) is -2.49. The van der Waals surface area contributed by atoms with Crippen molar-refractivity contribution in [3.8, 4) is 5.69 Å². The molecule has 0 aliphatic heterocycles. The molecule has 0 radical (unpaired) electrons. The number of nitrogens with zero attached hydrogens (tertiary/aromatic N) is 1. The number of rotatable bonds is 2. The van der Waals surface area contributed by atoms with Gasteiger partial charge in [-0.25, -0.2) is 18.5 Å². The number of hydrogen-bond donors (Lipinski definition) is 2. The summed E-state index contributed by atoms with van der Waals surface area (Å²) >= 11 is 0. The predicted octanol–water partition coefficient (Wildman–Crippen LogP) is 0.363. The van der Waals surface area contributed by atoms with Gasteiger partial charge in [-0.1, -0.05) is 6.07 Å². The van der Waals surface area contributed by atoms with Gasteiger partial charge in [-0.15, -0.1) is 0 Å². The number of hydrogen-bond acceptors (Lipinski definition) is 3. The van der Waals surface area contributed by atoms with Gasteiger partial charge in [0.1, 0.15) is 11.4 Å². The van der Waals surface area contributed by atoms with Crippen molar-refractivity contribution in [2.24, 2.45) is 0 Å². The first-order valence-corrected chi connectivity index (χ1v) is 4.84. The maximum Gasteiger partial charge on any atom is 0.342 e. The first-order valence-electron chi connectivity index (χ1n) is 4.84.